The van der Waals surface area contributed by atoms with Crippen molar-refractivity contribution in [1.29, 1.82) is 0 Å². The number of rotatable bonds is 3. The highest BCUT2D eigenvalue weighted by Crippen LogP contribution is 2.45. The van der Waals surface area contributed by atoms with Crippen LogP contribution in [0.5, 0.6) is 0 Å². The second kappa shape index (κ2) is 8.27. The van der Waals surface area contributed by atoms with E-state index in [0.717, 1.165) is 38.9 Å². The number of aromatic nitrogens is 4. The maximum absolute atomic E-state index is 13.2. The summed E-state index contributed by atoms with van der Waals surface area (Å²) in [5, 5.41) is 7.86. The van der Waals surface area contributed by atoms with E-state index in [1.54, 1.807) is 9.47 Å². The number of benzene rings is 1. The van der Waals surface area contributed by atoms with Crippen molar-refractivity contribution < 1.29 is 9.53 Å². The molecule has 2 aromatic heterocycles. The van der Waals surface area contributed by atoms with Crippen LogP contribution in [0.15, 0.2) is 35.8 Å². The summed E-state index contributed by atoms with van der Waals surface area (Å²) in [5.41, 5.74) is 5.25. The number of aryl methyl sites for hydroxylation is 1. The highest BCUT2D eigenvalue weighted by Gasteiger charge is 2.38. The van der Waals surface area contributed by atoms with Crippen LogP contribution < -0.4 is 10.6 Å². The fraction of sp³-hybridized carbons (Fsp3) is 0.360. The Morgan fingerprint density at radius 1 is 1.26 bits per heavy atom. The number of piperazine rings is 1. The van der Waals surface area contributed by atoms with Crippen LogP contribution >= 0.6 is 11.6 Å². The number of halogens is 1. The number of ether oxygens (including phenoxy) is 1. The molecule has 3 aliphatic rings. The van der Waals surface area contributed by atoms with E-state index in [-0.39, 0.29) is 17.0 Å². The third-order valence-electron chi connectivity index (χ3n) is 7.14. The number of anilines is 1. The lowest BCUT2D eigenvalue weighted by molar-refractivity contribution is -0.126. The Balaban J connectivity index is 1.51. The van der Waals surface area contributed by atoms with Gasteiger partial charge < -0.3 is 14.5 Å². The third kappa shape index (κ3) is 3.36. The van der Waals surface area contributed by atoms with E-state index in [9.17, 15) is 9.59 Å². The van der Waals surface area contributed by atoms with Crippen LogP contribution in [0.3, 0.4) is 0 Å². The van der Waals surface area contributed by atoms with Crippen LogP contribution in [0.25, 0.3) is 22.2 Å². The quantitative estimate of drug-likeness (QED) is 0.445. The number of H-pyrrole nitrogens is 1. The van der Waals surface area contributed by atoms with Crippen molar-refractivity contribution in [1.82, 2.24) is 24.6 Å². The van der Waals surface area contributed by atoms with Crippen molar-refractivity contribution in [2.75, 3.05) is 37.7 Å². The summed E-state index contributed by atoms with van der Waals surface area (Å²) in [5.74, 6) is 1.20. The molecular weight excluding hydrogens is 468 g/mol. The Kier molecular flexibility index (Phi) is 5.17. The maximum Gasteiger partial charge on any atom is 0.350 e. The lowest BCUT2D eigenvalue weighted by Crippen LogP contribution is -2.50. The van der Waals surface area contributed by atoms with Gasteiger partial charge in [0.05, 0.1) is 29.3 Å². The molecule has 1 unspecified atom stereocenters. The number of aromatic amines is 1. The van der Waals surface area contributed by atoms with E-state index in [0.29, 0.717) is 57.3 Å². The van der Waals surface area contributed by atoms with Gasteiger partial charge in [-0.1, -0.05) is 12.6 Å². The molecule has 1 aliphatic carbocycles. The number of hydrogen-bond donors (Lipinski definition) is 1. The van der Waals surface area contributed by atoms with Crippen LogP contribution in [0.1, 0.15) is 22.4 Å². The second-order valence-corrected chi connectivity index (χ2v) is 9.59. The van der Waals surface area contributed by atoms with E-state index in [1.165, 1.54) is 6.08 Å². The van der Waals surface area contributed by atoms with Crippen LogP contribution in [0.2, 0.25) is 0 Å². The van der Waals surface area contributed by atoms with Gasteiger partial charge in [0.1, 0.15) is 18.2 Å². The number of alkyl halides is 1. The SMILES string of the molecule is C=CC(=O)N1CCN(c2nc(=O)n3c4c2CC(Cl)C(c2c(C)ccc5[nH]ncc25)=C4OCC3)CC1. The first kappa shape index (κ1) is 21.9. The van der Waals surface area contributed by atoms with Gasteiger partial charge in [0.25, 0.3) is 0 Å². The van der Waals surface area contributed by atoms with E-state index in [2.05, 4.69) is 26.7 Å². The zero-order chi connectivity index (χ0) is 24.3. The molecular formula is C25H25ClN6O3. The summed E-state index contributed by atoms with van der Waals surface area (Å²) in [6.45, 7) is 8.68. The van der Waals surface area contributed by atoms with E-state index >= 15 is 0 Å². The van der Waals surface area contributed by atoms with Gasteiger partial charge in [-0.3, -0.25) is 14.5 Å². The first-order chi connectivity index (χ1) is 17.0. The lowest BCUT2D eigenvalue weighted by Gasteiger charge is -2.39. The van der Waals surface area contributed by atoms with Crippen molar-refractivity contribution in [2.45, 2.75) is 25.3 Å². The number of amides is 1. The lowest BCUT2D eigenvalue weighted by atomic mass is 9.85. The molecule has 9 nitrogen and oxygen atoms in total. The van der Waals surface area contributed by atoms with Crippen molar-refractivity contribution in [2.24, 2.45) is 0 Å². The molecule has 6 rings (SSSR count). The predicted molar refractivity (Wildman–Crippen MR) is 134 cm³/mol. The van der Waals surface area contributed by atoms with Crippen LogP contribution in [-0.4, -0.2) is 68.7 Å². The highest BCUT2D eigenvalue weighted by atomic mass is 35.5. The maximum atomic E-state index is 13.2. The Hall–Kier alpha value is -3.59. The average Bonchev–Trinajstić information content (AvgIpc) is 3.35. The van der Waals surface area contributed by atoms with E-state index in [4.69, 9.17) is 16.3 Å². The van der Waals surface area contributed by atoms with Crippen molar-refractivity contribution in [3.8, 4) is 0 Å². The largest absolute Gasteiger partial charge is 0.489 e. The summed E-state index contributed by atoms with van der Waals surface area (Å²) >= 11 is 7.10. The predicted octanol–water partition coefficient (Wildman–Crippen LogP) is 2.32. The molecule has 0 saturated carbocycles. The normalized spacial score (nSPS) is 19.5. The molecule has 1 atom stereocenters. The Bertz CT molecular complexity index is 1460. The first-order valence-corrected chi connectivity index (χ1v) is 12.2. The molecule has 1 fully saturated rings. The van der Waals surface area contributed by atoms with Gasteiger partial charge in [0.2, 0.25) is 5.91 Å². The van der Waals surface area contributed by atoms with Gasteiger partial charge in [-0.2, -0.15) is 10.1 Å². The first-order valence-electron chi connectivity index (χ1n) is 11.7. The van der Waals surface area contributed by atoms with E-state index in [1.807, 2.05) is 25.3 Å². The molecule has 1 aromatic carbocycles. The van der Waals surface area contributed by atoms with Gasteiger partial charge >= 0.3 is 5.69 Å². The molecule has 3 aromatic rings. The topological polar surface area (TPSA) is 96.4 Å². The zero-order valence-electron chi connectivity index (χ0n) is 19.4. The number of nitrogens with zero attached hydrogens (tertiary/aromatic N) is 5. The average molecular weight is 493 g/mol. The molecule has 0 spiro atoms. The van der Waals surface area contributed by atoms with Crippen LogP contribution in [0, 0.1) is 6.92 Å². The Labute approximate surface area is 206 Å². The Morgan fingerprint density at radius 2 is 2.06 bits per heavy atom. The van der Waals surface area contributed by atoms with E-state index < -0.39 is 0 Å². The molecule has 35 heavy (non-hydrogen) atoms. The summed E-state index contributed by atoms with van der Waals surface area (Å²) in [7, 11) is 0. The van der Waals surface area contributed by atoms with Crippen molar-refractivity contribution in [3.63, 3.8) is 0 Å². The number of hydrogen-bond acceptors (Lipinski definition) is 6. The van der Waals surface area contributed by atoms with Crippen molar-refractivity contribution in [3.05, 3.63) is 63.9 Å². The van der Waals surface area contributed by atoms with Crippen molar-refractivity contribution >= 4 is 45.6 Å². The minimum absolute atomic E-state index is 0.0858. The fourth-order valence-corrected chi connectivity index (χ4v) is 5.82. The summed E-state index contributed by atoms with van der Waals surface area (Å²) in [4.78, 5) is 33.5. The molecule has 1 N–H and O–H groups in total. The van der Waals surface area contributed by atoms with Gasteiger partial charge in [-0.05, 0) is 36.6 Å². The van der Waals surface area contributed by atoms with Crippen LogP contribution in [-0.2, 0) is 22.5 Å². The van der Waals surface area contributed by atoms with Gasteiger partial charge in [-0.15, -0.1) is 11.6 Å². The molecule has 1 amide bonds. The molecule has 4 heterocycles. The number of fused-ring (bicyclic) bond motifs is 1. The summed E-state index contributed by atoms with van der Waals surface area (Å²) < 4.78 is 7.97. The molecule has 2 aliphatic heterocycles. The minimum Gasteiger partial charge on any atom is -0.489 e. The second-order valence-electron chi connectivity index (χ2n) is 9.06. The molecule has 0 bridgehead atoms. The molecule has 0 radical (unpaired) electrons. The zero-order valence-corrected chi connectivity index (χ0v) is 20.1. The van der Waals surface area contributed by atoms with Gasteiger partial charge in [0.15, 0.2) is 0 Å². The Morgan fingerprint density at radius 3 is 2.83 bits per heavy atom. The van der Waals surface area contributed by atoms with Crippen LogP contribution in [0.4, 0.5) is 5.82 Å². The summed E-state index contributed by atoms with van der Waals surface area (Å²) in [6.07, 6.45) is 3.66. The number of nitrogens with one attached hydrogen (secondary N) is 1. The number of carbonyl (C=O) groups is 1. The smallest absolute Gasteiger partial charge is 0.350 e. The molecule has 1 saturated heterocycles. The summed E-state index contributed by atoms with van der Waals surface area (Å²) in [6, 6.07) is 4.04. The highest BCUT2D eigenvalue weighted by molar-refractivity contribution is 6.29. The standard InChI is InChI=1S/C25H25ClN6O3/c1-3-19(33)30-6-8-31(9-7-30)24-15-12-17(26)21(20-14(2)4-5-18-16(20)13-27-29-18)23-22(15)32(10-11-35-23)25(34)28-24/h3-5,13,17H,1,6-12H2,2H3,(H,27,29). The number of allylic oxidation sites excluding steroid dienone is 1. The monoisotopic (exact) mass is 492 g/mol. The third-order valence-corrected chi connectivity index (χ3v) is 7.52. The molecule has 180 valence electrons. The van der Waals surface area contributed by atoms with Gasteiger partial charge in [0, 0.05) is 42.7 Å². The minimum atomic E-state index is -0.370. The fourth-order valence-electron chi connectivity index (χ4n) is 5.46. The number of carbonyl (C=O) groups excluding carboxylic acids is 1. The van der Waals surface area contributed by atoms with Gasteiger partial charge in [-0.25, -0.2) is 4.79 Å². The molecule has 10 heteroatoms.